The molecule has 0 amide bonds. The van der Waals surface area contributed by atoms with Gasteiger partial charge in [-0.25, -0.2) is 4.68 Å². The highest BCUT2D eigenvalue weighted by molar-refractivity contribution is 6.31. The molecule has 106 valence electrons. The van der Waals surface area contributed by atoms with Crippen molar-refractivity contribution in [3.63, 3.8) is 0 Å². The Hall–Kier alpha value is -1.95. The summed E-state index contributed by atoms with van der Waals surface area (Å²) in [4.78, 5) is 11.1. The van der Waals surface area contributed by atoms with Crippen molar-refractivity contribution in [2.45, 2.75) is 26.3 Å². The van der Waals surface area contributed by atoms with Gasteiger partial charge in [-0.1, -0.05) is 29.8 Å². The molecule has 1 aromatic carbocycles. The van der Waals surface area contributed by atoms with Crippen LogP contribution in [0, 0.1) is 5.92 Å². The van der Waals surface area contributed by atoms with Crippen molar-refractivity contribution < 1.29 is 9.90 Å². The zero-order valence-corrected chi connectivity index (χ0v) is 11.9. The Morgan fingerprint density at radius 2 is 2.10 bits per heavy atom. The number of hydrogen-bond donors (Lipinski definition) is 1. The monoisotopic (exact) mass is 294 g/mol. The molecule has 1 N–H and O–H groups in total. The van der Waals surface area contributed by atoms with Crippen molar-refractivity contribution in [1.29, 1.82) is 0 Å². The fourth-order valence-electron chi connectivity index (χ4n) is 1.88. The third kappa shape index (κ3) is 2.96. The molecule has 0 aliphatic rings. The molecule has 7 heteroatoms. The predicted octanol–water partition coefficient (Wildman–Crippen LogP) is 2.20. The summed E-state index contributed by atoms with van der Waals surface area (Å²) in [7, 11) is 0. The van der Waals surface area contributed by atoms with Crippen LogP contribution in [0.4, 0.5) is 0 Å². The number of hydrogen-bond acceptors (Lipinski definition) is 4. The number of benzene rings is 1. The van der Waals surface area contributed by atoms with Gasteiger partial charge in [0.25, 0.3) is 0 Å². The first-order valence-electron chi connectivity index (χ1n) is 6.23. The molecular weight excluding hydrogens is 280 g/mol. The second-order valence-corrected chi connectivity index (χ2v) is 5.08. The number of nitrogens with zero attached hydrogens (tertiary/aromatic N) is 4. The van der Waals surface area contributed by atoms with E-state index in [0.29, 0.717) is 17.3 Å². The summed E-state index contributed by atoms with van der Waals surface area (Å²) < 4.78 is 1.54. The van der Waals surface area contributed by atoms with Gasteiger partial charge in [0.15, 0.2) is 5.82 Å². The van der Waals surface area contributed by atoms with Crippen molar-refractivity contribution in [3.8, 4) is 0 Å². The summed E-state index contributed by atoms with van der Waals surface area (Å²) in [6.45, 7) is 3.42. The Morgan fingerprint density at radius 1 is 1.40 bits per heavy atom. The van der Waals surface area contributed by atoms with Gasteiger partial charge < -0.3 is 5.11 Å². The molecule has 0 aliphatic carbocycles. The molecule has 2 unspecified atom stereocenters. The zero-order valence-electron chi connectivity index (χ0n) is 11.2. The Bertz CT molecular complexity index is 614. The van der Waals surface area contributed by atoms with Gasteiger partial charge in [0, 0.05) is 11.4 Å². The summed E-state index contributed by atoms with van der Waals surface area (Å²) in [6.07, 6.45) is 0.462. The number of tetrazole rings is 1. The van der Waals surface area contributed by atoms with Gasteiger partial charge in [0.05, 0.1) is 12.0 Å². The van der Waals surface area contributed by atoms with Crippen LogP contribution in [0.15, 0.2) is 24.3 Å². The minimum atomic E-state index is -0.878. The summed E-state index contributed by atoms with van der Waals surface area (Å²) in [5.41, 5.74) is 0.903. The Balaban J connectivity index is 2.25. The number of aromatic nitrogens is 4. The third-order valence-electron chi connectivity index (χ3n) is 3.37. The van der Waals surface area contributed by atoms with Crippen LogP contribution in [0.25, 0.3) is 0 Å². The average Bonchev–Trinajstić information content (AvgIpc) is 2.87. The number of halogens is 1. The highest BCUT2D eigenvalue weighted by Crippen LogP contribution is 2.21. The van der Waals surface area contributed by atoms with Crippen LogP contribution >= 0.6 is 11.6 Å². The number of carboxylic acid groups (broad SMARTS) is 1. The van der Waals surface area contributed by atoms with Crippen LogP contribution in [0.1, 0.15) is 31.3 Å². The highest BCUT2D eigenvalue weighted by Gasteiger charge is 2.24. The summed E-state index contributed by atoms with van der Waals surface area (Å²) >= 11 is 6.11. The van der Waals surface area contributed by atoms with Crippen molar-refractivity contribution >= 4 is 17.6 Å². The standard InChI is InChI=1S/C13H15ClN4O2/c1-8(13(19)20)9(2)18-12(15-16-17-18)7-10-5-3-4-6-11(10)14/h3-6,8-9H,7H2,1-2H3,(H,19,20). The van der Waals surface area contributed by atoms with Gasteiger partial charge in [-0.2, -0.15) is 0 Å². The maximum atomic E-state index is 11.1. The van der Waals surface area contributed by atoms with Crippen LogP contribution in [0.2, 0.25) is 5.02 Å². The van der Waals surface area contributed by atoms with E-state index in [1.165, 1.54) is 0 Å². The number of carboxylic acids is 1. The first-order valence-corrected chi connectivity index (χ1v) is 6.61. The first-order chi connectivity index (χ1) is 9.50. The lowest BCUT2D eigenvalue weighted by atomic mass is 10.0. The van der Waals surface area contributed by atoms with Gasteiger partial charge >= 0.3 is 5.97 Å². The summed E-state index contributed by atoms with van der Waals surface area (Å²) in [5.74, 6) is -0.862. The average molecular weight is 295 g/mol. The van der Waals surface area contributed by atoms with Crippen molar-refractivity contribution in [2.24, 2.45) is 5.92 Å². The highest BCUT2D eigenvalue weighted by atomic mass is 35.5. The van der Waals surface area contributed by atoms with Crippen molar-refractivity contribution in [1.82, 2.24) is 20.2 Å². The SMILES string of the molecule is CC(C(=O)O)C(C)n1nnnc1Cc1ccccc1Cl. The lowest BCUT2D eigenvalue weighted by Crippen LogP contribution is -2.24. The summed E-state index contributed by atoms with van der Waals surface area (Å²) in [6, 6.07) is 7.10. The maximum absolute atomic E-state index is 11.1. The molecule has 0 saturated heterocycles. The minimum absolute atomic E-state index is 0.333. The molecule has 0 spiro atoms. The quantitative estimate of drug-likeness (QED) is 0.914. The van der Waals surface area contributed by atoms with Crippen molar-refractivity contribution in [3.05, 3.63) is 40.7 Å². The Labute approximate surface area is 121 Å². The molecule has 0 bridgehead atoms. The predicted molar refractivity (Wildman–Crippen MR) is 73.6 cm³/mol. The van der Waals surface area contributed by atoms with E-state index in [-0.39, 0.29) is 6.04 Å². The molecule has 2 rings (SSSR count). The number of carbonyl (C=O) groups is 1. The van der Waals surface area contributed by atoms with E-state index in [0.717, 1.165) is 5.56 Å². The van der Waals surface area contributed by atoms with Gasteiger partial charge in [-0.3, -0.25) is 4.79 Å². The second-order valence-electron chi connectivity index (χ2n) is 4.68. The number of aliphatic carboxylic acids is 1. The van der Waals surface area contributed by atoms with E-state index >= 15 is 0 Å². The lowest BCUT2D eigenvalue weighted by Gasteiger charge is -2.17. The molecule has 0 aliphatic heterocycles. The van der Waals surface area contributed by atoms with E-state index in [9.17, 15) is 4.79 Å². The molecule has 20 heavy (non-hydrogen) atoms. The smallest absolute Gasteiger partial charge is 0.308 e. The Morgan fingerprint density at radius 3 is 2.75 bits per heavy atom. The summed E-state index contributed by atoms with van der Waals surface area (Å²) in [5, 5.41) is 21.2. The van der Waals surface area contributed by atoms with Crippen LogP contribution in [0.5, 0.6) is 0 Å². The topological polar surface area (TPSA) is 80.9 Å². The minimum Gasteiger partial charge on any atom is -0.481 e. The van der Waals surface area contributed by atoms with Crippen LogP contribution in [-0.4, -0.2) is 31.3 Å². The molecule has 0 saturated carbocycles. The molecule has 2 atom stereocenters. The van der Waals surface area contributed by atoms with Gasteiger partial charge in [0.1, 0.15) is 0 Å². The molecule has 2 aromatic rings. The van der Waals surface area contributed by atoms with Gasteiger partial charge in [-0.05, 0) is 35.9 Å². The molecule has 1 heterocycles. The molecule has 0 fully saturated rings. The second kappa shape index (κ2) is 6.00. The third-order valence-corrected chi connectivity index (χ3v) is 3.74. The number of rotatable bonds is 5. The largest absolute Gasteiger partial charge is 0.481 e. The van der Waals surface area contributed by atoms with Crippen LogP contribution < -0.4 is 0 Å². The van der Waals surface area contributed by atoms with E-state index in [4.69, 9.17) is 16.7 Å². The van der Waals surface area contributed by atoms with Gasteiger partial charge in [0.2, 0.25) is 0 Å². The van der Waals surface area contributed by atoms with Crippen LogP contribution in [-0.2, 0) is 11.2 Å². The van der Waals surface area contributed by atoms with E-state index in [1.54, 1.807) is 24.6 Å². The normalized spacial score (nSPS) is 13.9. The van der Waals surface area contributed by atoms with E-state index in [1.807, 2.05) is 18.2 Å². The molecule has 0 radical (unpaired) electrons. The van der Waals surface area contributed by atoms with Crippen molar-refractivity contribution in [2.75, 3.05) is 0 Å². The maximum Gasteiger partial charge on any atom is 0.308 e. The Kier molecular flexibility index (Phi) is 4.34. The van der Waals surface area contributed by atoms with E-state index < -0.39 is 11.9 Å². The first kappa shape index (κ1) is 14.5. The fourth-order valence-corrected chi connectivity index (χ4v) is 2.08. The molecular formula is C13H15ClN4O2. The van der Waals surface area contributed by atoms with E-state index in [2.05, 4.69) is 15.5 Å². The zero-order chi connectivity index (χ0) is 14.7. The lowest BCUT2D eigenvalue weighted by molar-refractivity contribution is -0.142. The molecule has 6 nitrogen and oxygen atoms in total. The fraction of sp³-hybridized carbons (Fsp3) is 0.385. The van der Waals surface area contributed by atoms with Gasteiger partial charge in [-0.15, -0.1) is 5.10 Å². The molecule has 1 aromatic heterocycles. The van der Waals surface area contributed by atoms with Crippen LogP contribution in [0.3, 0.4) is 0 Å².